The Morgan fingerprint density at radius 3 is 2.75 bits per heavy atom. The summed E-state index contributed by atoms with van der Waals surface area (Å²) in [7, 11) is -0.672. The van der Waals surface area contributed by atoms with Crippen LogP contribution in [-0.2, 0) is 15.6 Å². The lowest BCUT2D eigenvalue weighted by molar-refractivity contribution is -0.147. The number of nitrogens with zero attached hydrogens (tertiary/aromatic N) is 1. The Kier molecular flexibility index (Phi) is 5.57. The number of carboxylic acids is 1. The van der Waals surface area contributed by atoms with E-state index in [9.17, 15) is 14.1 Å². The van der Waals surface area contributed by atoms with Crippen LogP contribution in [0.15, 0.2) is 0 Å². The highest BCUT2D eigenvalue weighted by molar-refractivity contribution is 7.85. The van der Waals surface area contributed by atoms with Crippen molar-refractivity contribution in [1.82, 2.24) is 10.2 Å². The molecule has 1 heterocycles. The van der Waals surface area contributed by atoms with Crippen molar-refractivity contribution in [1.29, 1.82) is 0 Å². The van der Waals surface area contributed by atoms with E-state index in [4.69, 9.17) is 0 Å². The molecule has 2 rings (SSSR count). The first-order valence-electron chi connectivity index (χ1n) is 7.65. The van der Waals surface area contributed by atoms with Gasteiger partial charge in [-0.2, -0.15) is 0 Å². The number of rotatable bonds is 5. The second-order valence-corrected chi connectivity index (χ2v) is 7.64. The van der Waals surface area contributed by atoms with Gasteiger partial charge in [-0.15, -0.1) is 0 Å². The summed E-state index contributed by atoms with van der Waals surface area (Å²) in [4.78, 5) is 14.1. The molecule has 2 fully saturated rings. The molecule has 5 nitrogen and oxygen atoms in total. The minimum atomic E-state index is -0.754. The van der Waals surface area contributed by atoms with Gasteiger partial charge in [0.15, 0.2) is 0 Å². The Morgan fingerprint density at radius 1 is 1.45 bits per heavy atom. The Bertz CT molecular complexity index is 367. The van der Waals surface area contributed by atoms with Gasteiger partial charge in [0, 0.05) is 41.4 Å². The fraction of sp³-hybridized carbons (Fsp3) is 0.929. The van der Waals surface area contributed by atoms with Crippen LogP contribution in [0.25, 0.3) is 0 Å². The molecule has 2 aliphatic rings. The third-order valence-electron chi connectivity index (χ3n) is 4.58. The van der Waals surface area contributed by atoms with E-state index in [2.05, 4.69) is 17.1 Å². The molecule has 1 aliphatic carbocycles. The van der Waals surface area contributed by atoms with Crippen LogP contribution in [0.1, 0.15) is 39.0 Å². The Morgan fingerprint density at radius 2 is 2.15 bits per heavy atom. The third kappa shape index (κ3) is 3.59. The molecule has 0 bridgehead atoms. The van der Waals surface area contributed by atoms with Crippen LogP contribution in [0, 0.1) is 0 Å². The van der Waals surface area contributed by atoms with Crippen molar-refractivity contribution in [3.63, 3.8) is 0 Å². The van der Waals surface area contributed by atoms with Gasteiger partial charge in [-0.3, -0.25) is 13.9 Å². The number of nitrogens with one attached hydrogen (secondary N) is 1. The van der Waals surface area contributed by atoms with Crippen LogP contribution < -0.4 is 5.32 Å². The second kappa shape index (κ2) is 7.00. The Balaban J connectivity index is 2.01. The van der Waals surface area contributed by atoms with E-state index in [0.29, 0.717) is 12.5 Å². The predicted molar refractivity (Wildman–Crippen MR) is 80.4 cm³/mol. The van der Waals surface area contributed by atoms with E-state index in [1.165, 1.54) is 0 Å². The van der Waals surface area contributed by atoms with Crippen LogP contribution in [0.5, 0.6) is 0 Å². The van der Waals surface area contributed by atoms with Gasteiger partial charge in [0.05, 0.1) is 0 Å². The van der Waals surface area contributed by atoms with E-state index in [0.717, 1.165) is 56.8 Å². The largest absolute Gasteiger partial charge is 0.480 e. The SMILES string of the molecule is CCCNC1(C(=O)O)CCCC(N2CCS(=O)CC2)C1. The average Bonchev–Trinajstić information content (AvgIpc) is 2.46. The highest BCUT2D eigenvalue weighted by atomic mass is 32.2. The molecule has 1 aliphatic heterocycles. The summed E-state index contributed by atoms with van der Waals surface area (Å²) in [5.74, 6) is 0.758. The molecule has 0 aromatic rings. The lowest BCUT2D eigenvalue weighted by Gasteiger charge is -2.44. The van der Waals surface area contributed by atoms with Gasteiger partial charge in [-0.05, 0) is 38.6 Å². The monoisotopic (exact) mass is 302 g/mol. The van der Waals surface area contributed by atoms with Gasteiger partial charge >= 0.3 is 5.97 Å². The highest BCUT2D eigenvalue weighted by Crippen LogP contribution is 2.32. The predicted octanol–water partition coefficient (Wildman–Crippen LogP) is 0.816. The number of hydrogen-bond acceptors (Lipinski definition) is 4. The fourth-order valence-corrected chi connectivity index (χ4v) is 4.45. The summed E-state index contributed by atoms with van der Waals surface area (Å²) in [6, 6.07) is 0.321. The number of hydrogen-bond donors (Lipinski definition) is 2. The molecule has 116 valence electrons. The molecule has 0 amide bonds. The highest BCUT2D eigenvalue weighted by Gasteiger charge is 2.44. The summed E-state index contributed by atoms with van der Waals surface area (Å²) >= 11 is 0. The first kappa shape index (κ1) is 15.9. The zero-order valence-corrected chi connectivity index (χ0v) is 13.1. The van der Waals surface area contributed by atoms with Crippen molar-refractivity contribution in [3.8, 4) is 0 Å². The van der Waals surface area contributed by atoms with Gasteiger partial charge in [0.25, 0.3) is 0 Å². The van der Waals surface area contributed by atoms with Gasteiger partial charge in [0.2, 0.25) is 0 Å². The summed E-state index contributed by atoms with van der Waals surface area (Å²) in [5.41, 5.74) is -0.754. The molecule has 0 aromatic carbocycles. The van der Waals surface area contributed by atoms with Gasteiger partial charge in [0.1, 0.15) is 5.54 Å². The van der Waals surface area contributed by atoms with Crippen molar-refractivity contribution < 1.29 is 14.1 Å². The molecule has 0 radical (unpaired) electrons. The Labute approximate surface area is 123 Å². The van der Waals surface area contributed by atoms with Crippen molar-refractivity contribution in [2.45, 2.75) is 50.6 Å². The lowest BCUT2D eigenvalue weighted by atomic mass is 9.78. The summed E-state index contributed by atoms with van der Waals surface area (Å²) in [6.45, 7) is 4.51. The van der Waals surface area contributed by atoms with E-state index >= 15 is 0 Å². The van der Waals surface area contributed by atoms with Crippen LogP contribution >= 0.6 is 0 Å². The molecule has 20 heavy (non-hydrogen) atoms. The third-order valence-corrected chi connectivity index (χ3v) is 5.85. The molecule has 0 aromatic heterocycles. The molecular weight excluding hydrogens is 276 g/mol. The molecule has 6 heteroatoms. The summed E-state index contributed by atoms with van der Waals surface area (Å²) in [6.07, 6.45) is 4.36. The van der Waals surface area contributed by atoms with Crippen LogP contribution in [0.2, 0.25) is 0 Å². The smallest absolute Gasteiger partial charge is 0.323 e. The van der Waals surface area contributed by atoms with E-state index in [1.807, 2.05) is 0 Å². The van der Waals surface area contributed by atoms with Crippen LogP contribution in [0.3, 0.4) is 0 Å². The number of aliphatic carboxylic acids is 1. The minimum Gasteiger partial charge on any atom is -0.480 e. The lowest BCUT2D eigenvalue weighted by Crippen LogP contribution is -2.59. The summed E-state index contributed by atoms with van der Waals surface area (Å²) in [5, 5.41) is 12.9. The first-order valence-corrected chi connectivity index (χ1v) is 9.13. The maximum absolute atomic E-state index is 11.7. The first-order chi connectivity index (χ1) is 9.57. The van der Waals surface area contributed by atoms with Gasteiger partial charge in [-0.25, -0.2) is 0 Å². The molecule has 2 N–H and O–H groups in total. The normalized spacial score (nSPS) is 33.1. The van der Waals surface area contributed by atoms with Gasteiger partial charge in [-0.1, -0.05) is 6.92 Å². The average molecular weight is 302 g/mol. The van der Waals surface area contributed by atoms with Crippen molar-refractivity contribution >= 4 is 16.8 Å². The number of carboxylic acid groups (broad SMARTS) is 1. The van der Waals surface area contributed by atoms with E-state index in [-0.39, 0.29) is 0 Å². The standard InChI is InChI=1S/C14H26N2O3S/c1-2-6-15-14(13(17)18)5-3-4-12(11-14)16-7-9-20(19)10-8-16/h12,15H,2-11H2,1H3,(H,17,18). The van der Waals surface area contributed by atoms with Crippen molar-refractivity contribution in [2.24, 2.45) is 0 Å². The van der Waals surface area contributed by atoms with Crippen LogP contribution in [0.4, 0.5) is 0 Å². The molecule has 1 saturated heterocycles. The molecule has 2 unspecified atom stereocenters. The maximum Gasteiger partial charge on any atom is 0.323 e. The Hall–Kier alpha value is -0.460. The van der Waals surface area contributed by atoms with Crippen molar-refractivity contribution in [3.05, 3.63) is 0 Å². The molecule has 2 atom stereocenters. The molecule has 0 spiro atoms. The summed E-state index contributed by atoms with van der Waals surface area (Å²) < 4.78 is 11.4. The van der Waals surface area contributed by atoms with E-state index in [1.54, 1.807) is 0 Å². The minimum absolute atomic E-state index is 0.321. The van der Waals surface area contributed by atoms with Gasteiger partial charge < -0.3 is 10.4 Å². The zero-order chi connectivity index (χ0) is 14.6. The topological polar surface area (TPSA) is 69.6 Å². The zero-order valence-electron chi connectivity index (χ0n) is 12.3. The van der Waals surface area contributed by atoms with Crippen molar-refractivity contribution in [2.75, 3.05) is 31.1 Å². The van der Waals surface area contributed by atoms with Crippen LogP contribution in [-0.4, -0.2) is 62.9 Å². The maximum atomic E-state index is 11.7. The molecule has 1 saturated carbocycles. The fourth-order valence-electron chi connectivity index (χ4n) is 3.37. The number of carbonyl (C=O) groups is 1. The molecular formula is C14H26N2O3S. The van der Waals surface area contributed by atoms with E-state index < -0.39 is 22.3 Å². The second-order valence-electron chi connectivity index (χ2n) is 5.95. The quantitative estimate of drug-likeness (QED) is 0.787.